The van der Waals surface area contributed by atoms with Crippen LogP contribution in [0.2, 0.25) is 0 Å². The molecule has 12 nitrogen and oxygen atoms in total. The van der Waals surface area contributed by atoms with Crippen LogP contribution in [-0.4, -0.2) is 71.9 Å². The number of fused-ring (bicyclic) bond motifs is 8. The molecule has 0 unspecified atom stereocenters. The summed E-state index contributed by atoms with van der Waals surface area (Å²) in [5.41, 5.74) is 10.4. The van der Waals surface area contributed by atoms with E-state index < -0.39 is 23.7 Å². The van der Waals surface area contributed by atoms with Crippen LogP contribution in [0.4, 0.5) is 8.78 Å². The summed E-state index contributed by atoms with van der Waals surface area (Å²) in [6.07, 6.45) is 18.0. The molecule has 0 saturated heterocycles. The molecular formula is C52H54F2N4O8. The van der Waals surface area contributed by atoms with E-state index in [1.165, 1.54) is 75.0 Å². The first-order chi connectivity index (χ1) is 31.7. The molecule has 0 aliphatic heterocycles. The van der Waals surface area contributed by atoms with Crippen LogP contribution < -0.4 is 0 Å². The van der Waals surface area contributed by atoms with Crippen molar-refractivity contribution in [3.63, 3.8) is 0 Å². The van der Waals surface area contributed by atoms with Gasteiger partial charge in [0.05, 0.1) is 87.3 Å². The summed E-state index contributed by atoms with van der Waals surface area (Å²) in [5, 5.41) is 9.18. The van der Waals surface area contributed by atoms with Crippen molar-refractivity contribution in [1.82, 2.24) is 19.6 Å². The third-order valence-corrected chi connectivity index (χ3v) is 15.4. The van der Waals surface area contributed by atoms with Gasteiger partial charge in [0.2, 0.25) is 0 Å². The van der Waals surface area contributed by atoms with Crippen LogP contribution in [0.15, 0.2) is 95.4 Å². The average Bonchev–Trinajstić information content (AvgIpc) is 3.93. The lowest BCUT2D eigenvalue weighted by Crippen LogP contribution is -2.46. The fourth-order valence-corrected chi connectivity index (χ4v) is 12.2. The number of hydrogen-bond acceptors (Lipinski definition) is 10. The Kier molecular flexibility index (Phi) is 11.8. The van der Waals surface area contributed by atoms with Gasteiger partial charge in [-0.25, -0.2) is 18.1 Å². The summed E-state index contributed by atoms with van der Waals surface area (Å²) in [7, 11) is 5.48. The zero-order valence-corrected chi connectivity index (χ0v) is 38.0. The van der Waals surface area contributed by atoms with E-state index in [0.29, 0.717) is 12.8 Å². The van der Waals surface area contributed by atoms with E-state index in [1.807, 2.05) is 21.8 Å². The molecule has 0 radical (unpaired) electrons. The highest BCUT2D eigenvalue weighted by molar-refractivity contribution is 5.85. The van der Waals surface area contributed by atoms with Gasteiger partial charge < -0.3 is 18.9 Å². The van der Waals surface area contributed by atoms with Gasteiger partial charge in [0.25, 0.3) is 0 Å². The highest BCUT2D eigenvalue weighted by Crippen LogP contribution is 2.59. The first-order valence-electron chi connectivity index (χ1n) is 22.5. The summed E-state index contributed by atoms with van der Waals surface area (Å²) in [4.78, 5) is 50.5. The van der Waals surface area contributed by atoms with Crippen molar-refractivity contribution in [3.8, 4) is 11.4 Å². The largest absolute Gasteiger partial charge is 0.469 e. The third kappa shape index (κ3) is 7.42. The maximum Gasteiger partial charge on any atom is 0.310 e. The van der Waals surface area contributed by atoms with Crippen LogP contribution in [0, 0.1) is 58.0 Å². The van der Waals surface area contributed by atoms with E-state index in [2.05, 4.69) is 48.3 Å². The van der Waals surface area contributed by atoms with E-state index in [-0.39, 0.29) is 58.2 Å². The standard InChI is InChI=1S/2C26H27FN2O4/c2*1-26-13-15-14-28-29(18-7-5-17(27)6-8-18)22(15)12-16(26)4-9-19-21(26)11-10-20(24(30)32-2)23(19)25(31)33-3/h2*5-8,11-12,14,19-20,23H,4,9-10,13H2,1-3H3/t19-,20+,23-,26+;19-,20+,23-,26-/m10/s1. The Balaban J connectivity index is 0.000000166. The van der Waals surface area contributed by atoms with Crippen LogP contribution in [0.5, 0.6) is 0 Å². The van der Waals surface area contributed by atoms with E-state index in [0.717, 1.165) is 72.4 Å². The summed E-state index contributed by atoms with van der Waals surface area (Å²) < 4.78 is 50.8. The fraction of sp³-hybridized carbons (Fsp3) is 0.423. The molecule has 14 heteroatoms. The van der Waals surface area contributed by atoms with Gasteiger partial charge in [-0.3, -0.25) is 19.2 Å². The molecule has 4 aromatic rings. The molecule has 10 rings (SSSR count). The molecule has 6 aliphatic carbocycles. The number of carbonyl (C=O) groups excluding carboxylic acids is 4. The summed E-state index contributed by atoms with van der Waals surface area (Å²) >= 11 is 0. The number of rotatable bonds is 6. The van der Waals surface area contributed by atoms with E-state index >= 15 is 0 Å². The normalized spacial score (nSPS) is 27.9. The van der Waals surface area contributed by atoms with Gasteiger partial charge in [-0.1, -0.05) is 48.3 Å². The van der Waals surface area contributed by atoms with Crippen molar-refractivity contribution in [1.29, 1.82) is 0 Å². The smallest absolute Gasteiger partial charge is 0.310 e. The average molecular weight is 901 g/mol. The van der Waals surface area contributed by atoms with Crippen molar-refractivity contribution in [3.05, 3.63) is 130 Å². The lowest BCUT2D eigenvalue weighted by Gasteiger charge is -2.49. The quantitative estimate of drug-likeness (QED) is 0.105. The minimum atomic E-state index is -0.538. The zero-order valence-electron chi connectivity index (χ0n) is 38.0. The Morgan fingerprint density at radius 1 is 0.576 bits per heavy atom. The molecule has 2 fully saturated rings. The molecular weight excluding hydrogens is 847 g/mol. The van der Waals surface area contributed by atoms with Crippen LogP contribution in [0.1, 0.15) is 74.9 Å². The maximum atomic E-state index is 13.4. The molecule has 66 heavy (non-hydrogen) atoms. The van der Waals surface area contributed by atoms with Crippen LogP contribution >= 0.6 is 0 Å². The van der Waals surface area contributed by atoms with Crippen molar-refractivity contribution in [2.75, 3.05) is 28.4 Å². The number of esters is 4. The van der Waals surface area contributed by atoms with Gasteiger partial charge in [-0.2, -0.15) is 10.2 Å². The van der Waals surface area contributed by atoms with Crippen molar-refractivity contribution >= 4 is 36.0 Å². The molecule has 6 aliphatic rings. The Hall–Kier alpha value is -6.44. The molecule has 2 aromatic heterocycles. The van der Waals surface area contributed by atoms with Gasteiger partial charge in [0.1, 0.15) is 11.6 Å². The minimum Gasteiger partial charge on any atom is -0.469 e. The van der Waals surface area contributed by atoms with E-state index in [1.54, 1.807) is 24.3 Å². The second-order valence-corrected chi connectivity index (χ2v) is 18.7. The Bertz CT molecular complexity index is 2540. The Morgan fingerprint density at radius 3 is 1.29 bits per heavy atom. The van der Waals surface area contributed by atoms with Crippen molar-refractivity contribution < 1.29 is 46.9 Å². The predicted molar refractivity (Wildman–Crippen MR) is 239 cm³/mol. The molecule has 0 spiro atoms. The Morgan fingerprint density at radius 2 is 0.939 bits per heavy atom. The maximum absolute atomic E-state index is 13.4. The predicted octanol–water partition coefficient (Wildman–Crippen LogP) is 8.55. The Labute approximate surface area is 382 Å². The van der Waals surface area contributed by atoms with Crippen LogP contribution in [0.3, 0.4) is 0 Å². The third-order valence-electron chi connectivity index (χ3n) is 15.4. The number of ether oxygens (including phenoxy) is 4. The molecule has 0 N–H and O–H groups in total. The molecule has 344 valence electrons. The second kappa shape index (κ2) is 17.4. The summed E-state index contributed by atoms with van der Waals surface area (Å²) in [5.74, 6) is -4.23. The molecule has 0 bridgehead atoms. The number of carbonyl (C=O) groups is 4. The number of nitrogens with zero attached hydrogens (tertiary/aromatic N) is 4. The lowest BCUT2D eigenvalue weighted by molar-refractivity contribution is -0.160. The number of hydrogen-bond donors (Lipinski definition) is 0. The number of aromatic nitrogens is 4. The molecule has 0 amide bonds. The van der Waals surface area contributed by atoms with Crippen LogP contribution in [0.25, 0.3) is 23.5 Å². The van der Waals surface area contributed by atoms with E-state index in [4.69, 9.17) is 18.9 Å². The number of allylic oxidation sites excluding steroid dienone is 6. The van der Waals surface area contributed by atoms with E-state index in [9.17, 15) is 28.0 Å². The first kappa shape index (κ1) is 44.7. The zero-order chi connectivity index (χ0) is 46.7. The lowest BCUT2D eigenvalue weighted by atomic mass is 9.54. The highest BCUT2D eigenvalue weighted by Gasteiger charge is 2.54. The van der Waals surface area contributed by atoms with Crippen LogP contribution in [-0.2, 0) is 51.0 Å². The number of halogens is 2. The summed E-state index contributed by atoms with van der Waals surface area (Å²) in [6, 6.07) is 12.6. The SMILES string of the molecule is COC(=O)[C@@H]1[C@H](C(=O)OC)CC=C2[C@@H]1CCC1=Cc3c(cnn3-c3ccc(F)cc3)C[C@@]12C.COC(=O)[C@H]1[C@@H](C(=O)OC)CC=C2[C@H]1CCC1=Cc3c(cnn3-c3ccc(F)cc3)C[C@@]12C. The minimum absolute atomic E-state index is 0.0638. The second-order valence-electron chi connectivity index (χ2n) is 18.7. The van der Waals surface area contributed by atoms with Gasteiger partial charge in [0, 0.05) is 10.8 Å². The summed E-state index contributed by atoms with van der Waals surface area (Å²) in [6.45, 7) is 4.45. The van der Waals surface area contributed by atoms with Gasteiger partial charge in [0.15, 0.2) is 0 Å². The molecule has 8 atom stereocenters. The highest BCUT2D eigenvalue weighted by atomic mass is 19.1. The molecule has 2 aromatic carbocycles. The topological polar surface area (TPSA) is 141 Å². The molecule has 2 heterocycles. The van der Waals surface area contributed by atoms with Gasteiger partial charge in [-0.15, -0.1) is 0 Å². The monoisotopic (exact) mass is 900 g/mol. The van der Waals surface area contributed by atoms with Gasteiger partial charge >= 0.3 is 23.9 Å². The van der Waals surface area contributed by atoms with Crippen molar-refractivity contribution in [2.24, 2.45) is 46.3 Å². The fourth-order valence-electron chi connectivity index (χ4n) is 12.2. The molecule has 2 saturated carbocycles. The van der Waals surface area contributed by atoms with Crippen molar-refractivity contribution in [2.45, 2.75) is 65.2 Å². The van der Waals surface area contributed by atoms with Gasteiger partial charge in [-0.05, 0) is 135 Å². The first-order valence-corrected chi connectivity index (χ1v) is 22.5. The number of methoxy groups -OCH3 is 4. The number of benzene rings is 2.